The Bertz CT molecular complexity index is 455. The Labute approximate surface area is 123 Å². The molecule has 1 rings (SSSR count). The second kappa shape index (κ2) is 8.07. The zero-order valence-electron chi connectivity index (χ0n) is 11.7. The Balaban J connectivity index is 2.46. The smallest absolute Gasteiger partial charge is 0.258 e. The Kier molecular flexibility index (Phi) is 6.75. The lowest BCUT2D eigenvalue weighted by Gasteiger charge is -2.19. The number of carbonyl (C=O) groups is 1. The maximum absolute atomic E-state index is 12.9. The molecule has 0 spiro atoms. The summed E-state index contributed by atoms with van der Waals surface area (Å²) >= 11 is 5.80. The van der Waals surface area contributed by atoms with Crippen LogP contribution in [0.5, 0.6) is 5.75 Å². The molecule has 1 amide bonds. The van der Waals surface area contributed by atoms with Crippen molar-refractivity contribution in [3.63, 3.8) is 0 Å². The van der Waals surface area contributed by atoms with Crippen LogP contribution in [0, 0.1) is 11.7 Å². The first-order chi connectivity index (χ1) is 9.42. The van der Waals surface area contributed by atoms with Crippen molar-refractivity contribution < 1.29 is 13.9 Å². The number of hydrogen-bond donors (Lipinski definition) is 2. The Morgan fingerprint density at radius 2 is 2.20 bits per heavy atom. The van der Waals surface area contributed by atoms with Gasteiger partial charge in [-0.05, 0) is 30.5 Å². The molecule has 1 aromatic rings. The van der Waals surface area contributed by atoms with Crippen LogP contribution in [-0.2, 0) is 4.79 Å². The topological polar surface area (TPSA) is 64.3 Å². The van der Waals surface area contributed by atoms with Gasteiger partial charge in [0.15, 0.2) is 6.61 Å². The van der Waals surface area contributed by atoms with Gasteiger partial charge in [-0.15, -0.1) is 0 Å². The van der Waals surface area contributed by atoms with Crippen molar-refractivity contribution in [2.75, 3.05) is 13.2 Å². The van der Waals surface area contributed by atoms with Crippen LogP contribution in [0.15, 0.2) is 18.2 Å². The molecule has 0 saturated heterocycles. The first kappa shape index (κ1) is 16.7. The van der Waals surface area contributed by atoms with Gasteiger partial charge in [0.2, 0.25) is 0 Å². The van der Waals surface area contributed by atoms with Crippen molar-refractivity contribution in [3.05, 3.63) is 29.0 Å². The molecule has 0 radical (unpaired) electrons. The summed E-state index contributed by atoms with van der Waals surface area (Å²) in [5.74, 6) is -0.0129. The fourth-order valence-electron chi connectivity index (χ4n) is 1.79. The van der Waals surface area contributed by atoms with E-state index in [1.54, 1.807) is 0 Å². The van der Waals surface area contributed by atoms with Crippen molar-refractivity contribution in [1.82, 2.24) is 5.32 Å². The minimum atomic E-state index is -0.452. The van der Waals surface area contributed by atoms with E-state index in [-0.39, 0.29) is 29.3 Å². The Morgan fingerprint density at radius 3 is 2.75 bits per heavy atom. The summed E-state index contributed by atoms with van der Waals surface area (Å²) in [6, 6.07) is 3.67. The Morgan fingerprint density at radius 1 is 1.50 bits per heavy atom. The average molecular weight is 303 g/mol. The number of halogens is 2. The zero-order valence-corrected chi connectivity index (χ0v) is 12.4. The van der Waals surface area contributed by atoms with Gasteiger partial charge in [0.25, 0.3) is 5.91 Å². The predicted octanol–water partition coefficient (Wildman–Crippen LogP) is 2.35. The van der Waals surface area contributed by atoms with Crippen LogP contribution >= 0.6 is 11.6 Å². The average Bonchev–Trinajstić information content (AvgIpc) is 2.36. The highest BCUT2D eigenvalue weighted by atomic mass is 35.5. The van der Waals surface area contributed by atoms with Crippen LogP contribution in [-0.4, -0.2) is 25.1 Å². The third-order valence-electron chi connectivity index (χ3n) is 2.66. The van der Waals surface area contributed by atoms with Gasteiger partial charge in [-0.3, -0.25) is 4.79 Å². The first-order valence-corrected chi connectivity index (χ1v) is 6.87. The summed E-state index contributed by atoms with van der Waals surface area (Å²) in [5, 5.41) is 2.93. The highest BCUT2D eigenvalue weighted by Crippen LogP contribution is 2.24. The number of ether oxygens (including phenoxy) is 1. The quantitative estimate of drug-likeness (QED) is 0.812. The molecule has 3 N–H and O–H groups in total. The minimum Gasteiger partial charge on any atom is -0.482 e. The molecule has 0 heterocycles. The van der Waals surface area contributed by atoms with Crippen LogP contribution in [0.4, 0.5) is 4.39 Å². The number of nitrogens with two attached hydrogens (primary N) is 1. The molecule has 0 aromatic heterocycles. The molecular weight excluding hydrogens is 283 g/mol. The van der Waals surface area contributed by atoms with E-state index in [9.17, 15) is 9.18 Å². The lowest BCUT2D eigenvalue weighted by Crippen LogP contribution is -2.43. The van der Waals surface area contributed by atoms with Crippen LogP contribution < -0.4 is 15.8 Å². The van der Waals surface area contributed by atoms with Gasteiger partial charge in [-0.25, -0.2) is 4.39 Å². The van der Waals surface area contributed by atoms with E-state index in [0.717, 1.165) is 12.5 Å². The summed E-state index contributed by atoms with van der Waals surface area (Å²) in [4.78, 5) is 11.7. The van der Waals surface area contributed by atoms with Crippen molar-refractivity contribution in [3.8, 4) is 5.75 Å². The van der Waals surface area contributed by atoms with Gasteiger partial charge in [-0.2, -0.15) is 0 Å². The molecule has 6 heteroatoms. The van der Waals surface area contributed by atoms with E-state index in [2.05, 4.69) is 19.2 Å². The third-order valence-corrected chi connectivity index (χ3v) is 2.95. The Hall–Kier alpha value is -1.33. The maximum atomic E-state index is 12.9. The van der Waals surface area contributed by atoms with E-state index in [4.69, 9.17) is 22.1 Å². The number of rotatable bonds is 7. The largest absolute Gasteiger partial charge is 0.482 e. The third kappa shape index (κ3) is 5.75. The summed E-state index contributed by atoms with van der Waals surface area (Å²) in [6.07, 6.45) is 0.805. The summed E-state index contributed by atoms with van der Waals surface area (Å²) in [5.41, 5.74) is 5.60. The normalized spacial score (nSPS) is 12.3. The van der Waals surface area contributed by atoms with Gasteiger partial charge in [0, 0.05) is 12.6 Å². The van der Waals surface area contributed by atoms with Gasteiger partial charge < -0.3 is 15.8 Å². The summed E-state index contributed by atoms with van der Waals surface area (Å²) < 4.78 is 18.1. The second-order valence-electron chi connectivity index (χ2n) is 4.99. The molecule has 0 fully saturated rings. The molecule has 1 unspecified atom stereocenters. The molecule has 4 nitrogen and oxygen atoms in total. The van der Waals surface area contributed by atoms with Crippen LogP contribution in [0.3, 0.4) is 0 Å². The monoisotopic (exact) mass is 302 g/mol. The predicted molar refractivity (Wildman–Crippen MR) is 77.3 cm³/mol. The maximum Gasteiger partial charge on any atom is 0.258 e. The van der Waals surface area contributed by atoms with E-state index >= 15 is 0 Å². The molecule has 1 atom stereocenters. The van der Waals surface area contributed by atoms with Crippen molar-refractivity contribution in [1.29, 1.82) is 0 Å². The number of carbonyl (C=O) groups excluding carboxylic acids is 1. The van der Waals surface area contributed by atoms with Gasteiger partial charge >= 0.3 is 0 Å². The molecule has 0 aliphatic carbocycles. The number of benzene rings is 1. The van der Waals surface area contributed by atoms with Gasteiger partial charge in [0.05, 0.1) is 5.02 Å². The van der Waals surface area contributed by atoms with E-state index in [1.807, 2.05) is 0 Å². The molecular formula is C14H20ClFN2O2. The van der Waals surface area contributed by atoms with E-state index < -0.39 is 5.82 Å². The molecule has 0 saturated carbocycles. The molecule has 112 valence electrons. The SMILES string of the molecule is CC(C)CC(CN)NC(=O)COc1ccc(F)cc1Cl. The van der Waals surface area contributed by atoms with Gasteiger partial charge in [0.1, 0.15) is 11.6 Å². The first-order valence-electron chi connectivity index (χ1n) is 6.49. The number of nitrogens with one attached hydrogen (secondary N) is 1. The zero-order chi connectivity index (χ0) is 15.1. The molecule has 0 aliphatic rings. The highest BCUT2D eigenvalue weighted by Gasteiger charge is 2.13. The fourth-order valence-corrected chi connectivity index (χ4v) is 2.01. The standard InChI is InChI=1S/C14H20ClFN2O2/c1-9(2)5-11(7-17)18-14(19)8-20-13-4-3-10(16)6-12(13)15/h3-4,6,9,11H,5,7-8,17H2,1-2H3,(H,18,19). The minimum absolute atomic E-state index is 0.0743. The molecule has 0 aliphatic heterocycles. The lowest BCUT2D eigenvalue weighted by atomic mass is 10.0. The number of amides is 1. The summed E-state index contributed by atoms with van der Waals surface area (Å²) in [6.45, 7) is 4.31. The van der Waals surface area contributed by atoms with Crippen LogP contribution in [0.2, 0.25) is 5.02 Å². The van der Waals surface area contributed by atoms with Crippen LogP contribution in [0.25, 0.3) is 0 Å². The van der Waals surface area contributed by atoms with Gasteiger partial charge in [-0.1, -0.05) is 25.4 Å². The molecule has 0 bridgehead atoms. The molecule has 1 aromatic carbocycles. The van der Waals surface area contributed by atoms with Crippen LogP contribution in [0.1, 0.15) is 20.3 Å². The molecule has 20 heavy (non-hydrogen) atoms. The van der Waals surface area contributed by atoms with Crippen molar-refractivity contribution in [2.45, 2.75) is 26.3 Å². The lowest BCUT2D eigenvalue weighted by molar-refractivity contribution is -0.123. The highest BCUT2D eigenvalue weighted by molar-refractivity contribution is 6.32. The van der Waals surface area contributed by atoms with E-state index in [1.165, 1.54) is 12.1 Å². The fraction of sp³-hybridized carbons (Fsp3) is 0.500. The van der Waals surface area contributed by atoms with E-state index in [0.29, 0.717) is 12.5 Å². The van der Waals surface area contributed by atoms with Crippen molar-refractivity contribution >= 4 is 17.5 Å². The van der Waals surface area contributed by atoms with Crippen molar-refractivity contribution in [2.24, 2.45) is 11.7 Å². The number of hydrogen-bond acceptors (Lipinski definition) is 3. The second-order valence-corrected chi connectivity index (χ2v) is 5.40. The summed E-state index contributed by atoms with van der Waals surface area (Å²) in [7, 11) is 0.